The molecule has 2 heterocycles. The Morgan fingerprint density at radius 3 is 2.85 bits per heavy atom. The summed E-state index contributed by atoms with van der Waals surface area (Å²) < 4.78 is 0. The summed E-state index contributed by atoms with van der Waals surface area (Å²) in [5, 5.41) is 5.47. The Hall–Kier alpha value is -1.39. The van der Waals surface area contributed by atoms with Crippen molar-refractivity contribution in [3.8, 4) is 0 Å². The van der Waals surface area contributed by atoms with Gasteiger partial charge in [0, 0.05) is 18.4 Å². The molecule has 0 aromatic carbocycles. The molecule has 2 rings (SSSR count). The summed E-state index contributed by atoms with van der Waals surface area (Å²) in [7, 11) is 0. The lowest BCUT2D eigenvalue weighted by Crippen LogP contribution is -2.14. The fourth-order valence-corrected chi connectivity index (χ4v) is 3.02. The largest absolute Gasteiger partial charge is 0.313 e. The molecule has 0 unspecified atom stereocenters. The maximum Gasteiger partial charge on any atom is 0.107 e. The van der Waals surface area contributed by atoms with E-state index in [9.17, 15) is 0 Å². The SMILES string of the molecule is CCCNCc1cccnc1Sc1cc(C)cc(C)n1. The molecule has 0 amide bonds. The van der Waals surface area contributed by atoms with Crippen molar-refractivity contribution in [2.75, 3.05) is 6.54 Å². The van der Waals surface area contributed by atoms with Crippen LogP contribution in [0.15, 0.2) is 40.5 Å². The average molecular weight is 287 g/mol. The van der Waals surface area contributed by atoms with Gasteiger partial charge in [0.2, 0.25) is 0 Å². The summed E-state index contributed by atoms with van der Waals surface area (Å²) in [6.07, 6.45) is 2.98. The minimum atomic E-state index is 0.856. The zero-order chi connectivity index (χ0) is 14.4. The van der Waals surface area contributed by atoms with Crippen LogP contribution in [0, 0.1) is 13.8 Å². The number of hydrogen-bond donors (Lipinski definition) is 1. The zero-order valence-electron chi connectivity index (χ0n) is 12.3. The van der Waals surface area contributed by atoms with Crippen molar-refractivity contribution in [1.29, 1.82) is 0 Å². The molecule has 4 heteroatoms. The molecule has 0 aliphatic carbocycles. The lowest BCUT2D eigenvalue weighted by atomic mass is 10.2. The lowest BCUT2D eigenvalue weighted by Gasteiger charge is -2.09. The van der Waals surface area contributed by atoms with Crippen LogP contribution in [0.5, 0.6) is 0 Å². The van der Waals surface area contributed by atoms with Gasteiger partial charge >= 0.3 is 0 Å². The van der Waals surface area contributed by atoms with E-state index in [1.165, 1.54) is 11.1 Å². The monoisotopic (exact) mass is 287 g/mol. The molecular weight excluding hydrogens is 266 g/mol. The Bertz CT molecular complexity index is 549. The molecule has 2 aromatic heterocycles. The molecule has 1 N–H and O–H groups in total. The first-order valence-electron chi connectivity index (χ1n) is 6.97. The third kappa shape index (κ3) is 4.32. The Kier molecular flexibility index (Phi) is 5.56. The normalized spacial score (nSPS) is 10.8. The van der Waals surface area contributed by atoms with E-state index in [0.717, 1.165) is 35.3 Å². The molecule has 0 saturated carbocycles. The maximum atomic E-state index is 4.57. The van der Waals surface area contributed by atoms with Crippen LogP contribution >= 0.6 is 11.8 Å². The minimum Gasteiger partial charge on any atom is -0.313 e. The molecule has 0 aliphatic rings. The molecule has 0 bridgehead atoms. The molecule has 3 nitrogen and oxygen atoms in total. The first-order valence-corrected chi connectivity index (χ1v) is 7.78. The Balaban J connectivity index is 2.15. The van der Waals surface area contributed by atoms with Gasteiger partial charge in [0.15, 0.2) is 0 Å². The van der Waals surface area contributed by atoms with E-state index in [4.69, 9.17) is 0 Å². The molecular formula is C16H21N3S. The first kappa shape index (κ1) is 15.0. The maximum absolute atomic E-state index is 4.57. The molecule has 0 radical (unpaired) electrons. The highest BCUT2D eigenvalue weighted by molar-refractivity contribution is 7.99. The smallest absolute Gasteiger partial charge is 0.107 e. The van der Waals surface area contributed by atoms with Crippen molar-refractivity contribution in [2.45, 2.75) is 43.8 Å². The van der Waals surface area contributed by atoms with E-state index in [1.807, 2.05) is 19.2 Å². The predicted molar refractivity (Wildman–Crippen MR) is 84.1 cm³/mol. The van der Waals surface area contributed by atoms with Gasteiger partial charge in [-0.1, -0.05) is 13.0 Å². The van der Waals surface area contributed by atoms with Gasteiger partial charge in [-0.25, -0.2) is 9.97 Å². The Labute approximate surface area is 125 Å². The highest BCUT2D eigenvalue weighted by Gasteiger charge is 2.07. The third-order valence-corrected chi connectivity index (χ3v) is 3.85. The van der Waals surface area contributed by atoms with Crippen LogP contribution in [0.25, 0.3) is 0 Å². The third-order valence-electron chi connectivity index (χ3n) is 2.87. The van der Waals surface area contributed by atoms with Crippen LogP contribution < -0.4 is 5.32 Å². The summed E-state index contributed by atoms with van der Waals surface area (Å²) in [5.41, 5.74) is 3.52. The number of aryl methyl sites for hydroxylation is 2. The van der Waals surface area contributed by atoms with Crippen molar-refractivity contribution >= 4 is 11.8 Å². The Morgan fingerprint density at radius 2 is 2.10 bits per heavy atom. The second-order valence-corrected chi connectivity index (χ2v) is 5.88. The fraction of sp³-hybridized carbons (Fsp3) is 0.375. The first-order chi connectivity index (χ1) is 9.69. The number of hydrogen-bond acceptors (Lipinski definition) is 4. The van der Waals surface area contributed by atoms with E-state index in [0.29, 0.717) is 0 Å². The molecule has 106 valence electrons. The number of nitrogens with zero attached hydrogens (tertiary/aromatic N) is 2. The van der Waals surface area contributed by atoms with Crippen molar-refractivity contribution < 1.29 is 0 Å². The highest BCUT2D eigenvalue weighted by atomic mass is 32.2. The van der Waals surface area contributed by atoms with Crippen molar-refractivity contribution in [2.24, 2.45) is 0 Å². The van der Waals surface area contributed by atoms with Crippen molar-refractivity contribution in [1.82, 2.24) is 15.3 Å². The number of aromatic nitrogens is 2. The molecule has 0 fully saturated rings. The van der Waals surface area contributed by atoms with Crippen LogP contribution in [0.1, 0.15) is 30.2 Å². The van der Waals surface area contributed by atoms with Crippen molar-refractivity contribution in [3.05, 3.63) is 47.3 Å². The van der Waals surface area contributed by atoms with Crippen LogP contribution in [0.3, 0.4) is 0 Å². The van der Waals surface area contributed by atoms with Gasteiger partial charge in [0.05, 0.1) is 0 Å². The lowest BCUT2D eigenvalue weighted by molar-refractivity contribution is 0.665. The number of nitrogens with one attached hydrogen (secondary N) is 1. The van der Waals surface area contributed by atoms with Gasteiger partial charge in [-0.05, 0) is 67.9 Å². The molecule has 0 saturated heterocycles. The van der Waals surface area contributed by atoms with Gasteiger partial charge < -0.3 is 5.32 Å². The van der Waals surface area contributed by atoms with Gasteiger partial charge in [0.1, 0.15) is 10.1 Å². The van der Waals surface area contributed by atoms with Crippen LogP contribution in [0.2, 0.25) is 0 Å². The standard InChI is InChI=1S/C16H21N3S/c1-4-7-17-11-14-6-5-8-18-16(14)20-15-10-12(2)9-13(3)19-15/h5-6,8-10,17H,4,7,11H2,1-3H3. The van der Waals surface area contributed by atoms with Gasteiger partial charge in [-0.15, -0.1) is 0 Å². The summed E-state index contributed by atoms with van der Waals surface area (Å²) >= 11 is 1.64. The van der Waals surface area contributed by atoms with Crippen LogP contribution in [-0.4, -0.2) is 16.5 Å². The molecule has 20 heavy (non-hydrogen) atoms. The number of pyridine rings is 2. The second-order valence-electron chi connectivity index (χ2n) is 4.87. The van der Waals surface area contributed by atoms with E-state index in [1.54, 1.807) is 11.8 Å². The van der Waals surface area contributed by atoms with Gasteiger partial charge in [0.25, 0.3) is 0 Å². The second kappa shape index (κ2) is 7.41. The molecule has 2 aromatic rings. The zero-order valence-corrected chi connectivity index (χ0v) is 13.1. The molecule has 0 aliphatic heterocycles. The van der Waals surface area contributed by atoms with E-state index in [2.05, 4.69) is 47.3 Å². The van der Waals surface area contributed by atoms with Crippen LogP contribution in [-0.2, 0) is 6.54 Å². The van der Waals surface area contributed by atoms with E-state index in [-0.39, 0.29) is 0 Å². The average Bonchev–Trinajstić information content (AvgIpc) is 2.40. The van der Waals surface area contributed by atoms with Gasteiger partial charge in [-0.3, -0.25) is 0 Å². The Morgan fingerprint density at radius 1 is 1.25 bits per heavy atom. The molecule has 0 atom stereocenters. The van der Waals surface area contributed by atoms with E-state index >= 15 is 0 Å². The number of rotatable bonds is 6. The van der Waals surface area contributed by atoms with E-state index < -0.39 is 0 Å². The predicted octanol–water partition coefficient (Wildman–Crippen LogP) is 3.74. The quantitative estimate of drug-likeness (QED) is 0.821. The van der Waals surface area contributed by atoms with Crippen molar-refractivity contribution in [3.63, 3.8) is 0 Å². The summed E-state index contributed by atoms with van der Waals surface area (Å²) in [5.74, 6) is 0. The summed E-state index contributed by atoms with van der Waals surface area (Å²) in [4.78, 5) is 9.06. The highest BCUT2D eigenvalue weighted by Crippen LogP contribution is 2.28. The topological polar surface area (TPSA) is 37.8 Å². The summed E-state index contributed by atoms with van der Waals surface area (Å²) in [6.45, 7) is 8.18. The molecule has 0 spiro atoms. The summed E-state index contributed by atoms with van der Waals surface area (Å²) in [6, 6.07) is 8.31. The van der Waals surface area contributed by atoms with Gasteiger partial charge in [-0.2, -0.15) is 0 Å². The minimum absolute atomic E-state index is 0.856. The van der Waals surface area contributed by atoms with Crippen LogP contribution in [0.4, 0.5) is 0 Å². The fourth-order valence-electron chi connectivity index (χ4n) is 2.01.